The SMILES string of the molecule is CSc1cccc(Nc2ncc(F)c(Cl)n2)c1F. The Labute approximate surface area is 112 Å². The van der Waals surface area contributed by atoms with Crippen LogP contribution in [-0.4, -0.2) is 16.2 Å². The van der Waals surface area contributed by atoms with E-state index in [2.05, 4.69) is 15.3 Å². The van der Waals surface area contributed by atoms with Gasteiger partial charge in [-0.15, -0.1) is 11.8 Å². The third kappa shape index (κ3) is 2.70. The number of halogens is 3. The van der Waals surface area contributed by atoms with E-state index in [1.807, 2.05) is 0 Å². The molecule has 0 spiro atoms. The van der Waals surface area contributed by atoms with Gasteiger partial charge in [0.15, 0.2) is 16.8 Å². The summed E-state index contributed by atoms with van der Waals surface area (Å²) in [5.74, 6) is -1.09. The van der Waals surface area contributed by atoms with Crippen LogP contribution >= 0.6 is 23.4 Å². The summed E-state index contributed by atoms with van der Waals surface area (Å²) in [7, 11) is 0. The summed E-state index contributed by atoms with van der Waals surface area (Å²) in [6.45, 7) is 0. The van der Waals surface area contributed by atoms with Gasteiger partial charge in [-0.25, -0.2) is 13.8 Å². The minimum absolute atomic E-state index is 0.0403. The molecule has 1 aromatic carbocycles. The van der Waals surface area contributed by atoms with Gasteiger partial charge in [0.05, 0.1) is 11.9 Å². The van der Waals surface area contributed by atoms with E-state index < -0.39 is 11.6 Å². The summed E-state index contributed by atoms with van der Waals surface area (Å²) < 4.78 is 26.8. The monoisotopic (exact) mass is 287 g/mol. The minimum Gasteiger partial charge on any atom is -0.322 e. The standard InChI is InChI=1S/C11H8ClF2N3S/c1-18-8-4-2-3-7(9(8)14)16-11-15-5-6(13)10(12)17-11/h2-5H,1H3,(H,15,16,17). The number of nitrogens with one attached hydrogen (secondary N) is 1. The van der Waals surface area contributed by atoms with Gasteiger partial charge in [-0.05, 0) is 18.4 Å². The molecule has 2 aromatic rings. The van der Waals surface area contributed by atoms with E-state index in [1.54, 1.807) is 18.4 Å². The number of rotatable bonds is 3. The minimum atomic E-state index is -0.722. The highest BCUT2D eigenvalue weighted by atomic mass is 35.5. The lowest BCUT2D eigenvalue weighted by Crippen LogP contribution is -2.00. The van der Waals surface area contributed by atoms with E-state index in [-0.39, 0.29) is 16.8 Å². The summed E-state index contributed by atoms with van der Waals surface area (Å²) in [5, 5.41) is 2.34. The molecule has 94 valence electrons. The summed E-state index contributed by atoms with van der Waals surface area (Å²) in [6.07, 6.45) is 2.70. The lowest BCUT2D eigenvalue weighted by molar-refractivity contribution is 0.605. The number of anilines is 2. The Balaban J connectivity index is 2.31. The summed E-state index contributed by atoms with van der Waals surface area (Å²) in [5.41, 5.74) is 0.213. The fourth-order valence-electron chi connectivity index (χ4n) is 1.29. The van der Waals surface area contributed by atoms with Crippen LogP contribution in [0.3, 0.4) is 0 Å². The number of aromatic nitrogens is 2. The molecule has 0 atom stereocenters. The normalized spacial score (nSPS) is 10.4. The topological polar surface area (TPSA) is 37.8 Å². The molecular formula is C11H8ClF2N3S. The molecule has 7 heteroatoms. The second-order valence-electron chi connectivity index (χ2n) is 3.28. The van der Waals surface area contributed by atoms with Gasteiger partial charge in [0.25, 0.3) is 0 Å². The average Bonchev–Trinajstić information content (AvgIpc) is 2.36. The molecule has 1 heterocycles. The molecule has 0 aliphatic heterocycles. The second-order valence-corrected chi connectivity index (χ2v) is 4.49. The predicted molar refractivity (Wildman–Crippen MR) is 68.5 cm³/mol. The molecule has 0 fully saturated rings. The van der Waals surface area contributed by atoms with Crippen molar-refractivity contribution in [2.45, 2.75) is 4.90 Å². The predicted octanol–water partition coefficient (Wildman–Crippen LogP) is 3.87. The smallest absolute Gasteiger partial charge is 0.228 e. The Hall–Kier alpha value is -1.40. The highest BCUT2D eigenvalue weighted by molar-refractivity contribution is 7.98. The number of thioether (sulfide) groups is 1. The first kappa shape index (κ1) is 13.0. The van der Waals surface area contributed by atoms with E-state index in [0.717, 1.165) is 6.20 Å². The fraction of sp³-hybridized carbons (Fsp3) is 0.0909. The zero-order valence-corrected chi connectivity index (χ0v) is 10.8. The molecule has 1 N–H and O–H groups in total. The van der Waals surface area contributed by atoms with Crippen LogP contribution in [0.2, 0.25) is 5.15 Å². The van der Waals surface area contributed by atoms with Crippen LogP contribution in [0, 0.1) is 11.6 Å². The van der Waals surface area contributed by atoms with Crippen LogP contribution in [0.1, 0.15) is 0 Å². The van der Waals surface area contributed by atoms with Crippen molar-refractivity contribution >= 4 is 35.0 Å². The van der Waals surface area contributed by atoms with Crippen LogP contribution < -0.4 is 5.32 Å². The third-order valence-electron chi connectivity index (χ3n) is 2.13. The van der Waals surface area contributed by atoms with Crippen LogP contribution in [0.5, 0.6) is 0 Å². The molecule has 0 amide bonds. The molecule has 0 radical (unpaired) electrons. The van der Waals surface area contributed by atoms with Crippen molar-refractivity contribution in [2.24, 2.45) is 0 Å². The Morgan fingerprint density at radius 1 is 1.33 bits per heavy atom. The van der Waals surface area contributed by atoms with E-state index in [4.69, 9.17) is 11.6 Å². The van der Waals surface area contributed by atoms with Gasteiger partial charge in [0, 0.05) is 4.90 Å². The van der Waals surface area contributed by atoms with Crippen molar-refractivity contribution in [1.82, 2.24) is 9.97 Å². The van der Waals surface area contributed by atoms with Crippen molar-refractivity contribution in [3.63, 3.8) is 0 Å². The van der Waals surface area contributed by atoms with Crippen LogP contribution in [-0.2, 0) is 0 Å². The molecule has 3 nitrogen and oxygen atoms in total. The number of benzene rings is 1. The Morgan fingerprint density at radius 2 is 2.11 bits per heavy atom. The van der Waals surface area contributed by atoms with Crippen molar-refractivity contribution in [3.05, 3.63) is 41.2 Å². The second kappa shape index (κ2) is 5.49. The lowest BCUT2D eigenvalue weighted by atomic mass is 10.3. The van der Waals surface area contributed by atoms with E-state index in [0.29, 0.717) is 4.90 Å². The maximum Gasteiger partial charge on any atom is 0.228 e. The van der Waals surface area contributed by atoms with Gasteiger partial charge in [0.2, 0.25) is 5.95 Å². The zero-order valence-electron chi connectivity index (χ0n) is 9.25. The molecule has 18 heavy (non-hydrogen) atoms. The van der Waals surface area contributed by atoms with E-state index in [9.17, 15) is 8.78 Å². The highest BCUT2D eigenvalue weighted by Gasteiger charge is 2.10. The molecule has 0 aliphatic rings. The molecular weight excluding hydrogens is 280 g/mol. The molecule has 2 rings (SSSR count). The van der Waals surface area contributed by atoms with Gasteiger partial charge >= 0.3 is 0 Å². The van der Waals surface area contributed by atoms with Gasteiger partial charge in [-0.3, -0.25) is 0 Å². The first-order chi connectivity index (χ1) is 8.61. The lowest BCUT2D eigenvalue weighted by Gasteiger charge is -2.08. The van der Waals surface area contributed by atoms with Gasteiger partial charge in [0.1, 0.15) is 0 Å². The van der Waals surface area contributed by atoms with Crippen molar-refractivity contribution in [3.8, 4) is 0 Å². The van der Waals surface area contributed by atoms with Gasteiger partial charge in [-0.2, -0.15) is 4.98 Å². The van der Waals surface area contributed by atoms with Crippen molar-refractivity contribution in [2.75, 3.05) is 11.6 Å². The third-order valence-corrected chi connectivity index (χ3v) is 3.15. The number of hydrogen-bond acceptors (Lipinski definition) is 4. The summed E-state index contributed by atoms with van der Waals surface area (Å²) in [6, 6.07) is 4.89. The first-order valence-electron chi connectivity index (χ1n) is 4.89. The molecule has 0 aliphatic carbocycles. The largest absolute Gasteiger partial charge is 0.322 e. The van der Waals surface area contributed by atoms with Gasteiger partial charge < -0.3 is 5.32 Å². The fourth-order valence-corrected chi connectivity index (χ4v) is 1.92. The zero-order chi connectivity index (χ0) is 13.1. The van der Waals surface area contributed by atoms with Crippen LogP contribution in [0.25, 0.3) is 0 Å². The molecule has 0 unspecified atom stereocenters. The van der Waals surface area contributed by atoms with Crippen molar-refractivity contribution < 1.29 is 8.78 Å². The molecule has 0 bridgehead atoms. The van der Waals surface area contributed by atoms with Crippen LogP contribution in [0.15, 0.2) is 29.3 Å². The Kier molecular flexibility index (Phi) is 3.98. The van der Waals surface area contributed by atoms with E-state index >= 15 is 0 Å². The van der Waals surface area contributed by atoms with E-state index in [1.165, 1.54) is 17.8 Å². The van der Waals surface area contributed by atoms with Crippen LogP contribution in [0.4, 0.5) is 20.4 Å². The molecule has 1 aromatic heterocycles. The Morgan fingerprint density at radius 3 is 2.78 bits per heavy atom. The highest BCUT2D eigenvalue weighted by Crippen LogP contribution is 2.26. The number of hydrogen-bond donors (Lipinski definition) is 1. The summed E-state index contributed by atoms with van der Waals surface area (Å²) in [4.78, 5) is 7.83. The molecule has 0 saturated heterocycles. The first-order valence-corrected chi connectivity index (χ1v) is 6.49. The Bertz CT molecular complexity index is 580. The molecule has 0 saturated carbocycles. The maximum atomic E-state index is 13.9. The average molecular weight is 288 g/mol. The quantitative estimate of drug-likeness (QED) is 0.687. The van der Waals surface area contributed by atoms with Crippen molar-refractivity contribution in [1.29, 1.82) is 0 Å². The maximum absolute atomic E-state index is 13.9. The number of nitrogens with zero attached hydrogens (tertiary/aromatic N) is 2. The van der Waals surface area contributed by atoms with Gasteiger partial charge in [-0.1, -0.05) is 17.7 Å². The summed E-state index contributed by atoms with van der Waals surface area (Å²) >= 11 is 6.80.